The molecule has 0 aliphatic carbocycles. The molecular weight excluding hydrogens is 118 g/mol. The average Bonchev–Trinajstić information content (AvgIpc) is 1.69. The molecule has 4 heteroatoms. The zero-order chi connectivity index (χ0) is 5.54. The maximum Gasteiger partial charge on any atom is 0.327 e. The van der Waals surface area contributed by atoms with Gasteiger partial charge >= 0.3 is 8.69 Å². The van der Waals surface area contributed by atoms with Gasteiger partial charge < -0.3 is 0 Å². The van der Waals surface area contributed by atoms with Gasteiger partial charge in [0.15, 0.2) is 0 Å². The molecule has 7 heavy (non-hydrogen) atoms. The van der Waals surface area contributed by atoms with Gasteiger partial charge in [0.2, 0.25) is 0 Å². The Hall–Kier alpha value is -0.0100. The molecule has 0 saturated heterocycles. The minimum atomic E-state index is -0.407. The SMILES string of the molecule is O=POCCCF. The van der Waals surface area contributed by atoms with E-state index in [2.05, 4.69) is 4.52 Å². The van der Waals surface area contributed by atoms with Gasteiger partial charge in [0.05, 0.1) is 13.3 Å². The predicted molar refractivity (Wildman–Crippen MR) is 24.2 cm³/mol. The van der Waals surface area contributed by atoms with E-state index < -0.39 is 6.67 Å². The van der Waals surface area contributed by atoms with Gasteiger partial charge in [0, 0.05) is 6.42 Å². The monoisotopic (exact) mass is 124 g/mol. The Bertz CT molecular complexity index is 50.2. The first-order chi connectivity index (χ1) is 3.41. The van der Waals surface area contributed by atoms with Crippen LogP contribution in [0.3, 0.4) is 0 Å². The van der Waals surface area contributed by atoms with Crippen LogP contribution in [0.5, 0.6) is 0 Å². The van der Waals surface area contributed by atoms with Gasteiger partial charge in [0.25, 0.3) is 0 Å². The van der Waals surface area contributed by atoms with Crippen LogP contribution in [0.1, 0.15) is 6.42 Å². The number of halogens is 1. The Morgan fingerprint density at radius 2 is 2.43 bits per heavy atom. The molecule has 0 amide bonds. The summed E-state index contributed by atoms with van der Waals surface area (Å²) in [5.74, 6) is 0. The minimum absolute atomic E-state index is 0.238. The van der Waals surface area contributed by atoms with Gasteiger partial charge in [-0.25, -0.2) is 4.57 Å². The molecule has 0 aliphatic rings. The molecule has 0 saturated carbocycles. The lowest BCUT2D eigenvalue weighted by atomic mass is 10.5. The van der Waals surface area contributed by atoms with Crippen molar-refractivity contribution in [1.82, 2.24) is 0 Å². The van der Waals surface area contributed by atoms with Crippen molar-refractivity contribution >= 4 is 8.69 Å². The van der Waals surface area contributed by atoms with Crippen molar-refractivity contribution in [2.75, 3.05) is 13.3 Å². The largest absolute Gasteiger partial charge is 0.327 e. The highest BCUT2D eigenvalue weighted by atomic mass is 31.1. The Labute approximate surface area is 43.0 Å². The van der Waals surface area contributed by atoms with Gasteiger partial charge in [-0.2, -0.15) is 0 Å². The van der Waals surface area contributed by atoms with Crippen LogP contribution in [-0.2, 0) is 9.09 Å². The lowest BCUT2D eigenvalue weighted by Gasteiger charge is -1.85. The van der Waals surface area contributed by atoms with Crippen molar-refractivity contribution < 1.29 is 13.5 Å². The first kappa shape index (κ1) is 6.99. The van der Waals surface area contributed by atoms with Crippen LogP contribution in [0.2, 0.25) is 0 Å². The van der Waals surface area contributed by atoms with Crippen molar-refractivity contribution in [3.8, 4) is 0 Å². The van der Waals surface area contributed by atoms with Gasteiger partial charge in [-0.15, -0.1) is 0 Å². The van der Waals surface area contributed by atoms with Crippen LogP contribution in [-0.4, -0.2) is 13.3 Å². The fraction of sp³-hybridized carbons (Fsp3) is 1.00. The zero-order valence-corrected chi connectivity index (χ0v) is 4.66. The molecule has 0 aliphatic heterocycles. The molecule has 42 valence electrons. The molecule has 0 bridgehead atoms. The Morgan fingerprint density at radius 1 is 1.71 bits per heavy atom. The standard InChI is InChI=1S/C3H6FO2P/c4-2-1-3-6-7-5/h1-3H2. The summed E-state index contributed by atoms with van der Waals surface area (Å²) in [7, 11) is -0.362. The summed E-state index contributed by atoms with van der Waals surface area (Å²) in [5.41, 5.74) is 0. The summed E-state index contributed by atoms with van der Waals surface area (Å²) >= 11 is 0. The molecule has 0 unspecified atom stereocenters. The molecule has 2 nitrogen and oxygen atoms in total. The topological polar surface area (TPSA) is 26.3 Å². The molecule has 0 heterocycles. The van der Waals surface area contributed by atoms with Crippen LogP contribution in [0, 0.1) is 0 Å². The van der Waals surface area contributed by atoms with E-state index in [0.717, 1.165) is 0 Å². The highest BCUT2D eigenvalue weighted by molar-refractivity contribution is 7.17. The van der Waals surface area contributed by atoms with E-state index in [4.69, 9.17) is 0 Å². The molecule has 0 radical (unpaired) electrons. The van der Waals surface area contributed by atoms with Crippen molar-refractivity contribution in [3.05, 3.63) is 0 Å². The quantitative estimate of drug-likeness (QED) is 0.420. The smallest absolute Gasteiger partial charge is 0.294 e. The summed E-state index contributed by atoms with van der Waals surface area (Å²) in [4.78, 5) is 0. The summed E-state index contributed by atoms with van der Waals surface area (Å²) < 4.78 is 24.8. The van der Waals surface area contributed by atoms with Crippen LogP contribution in [0.25, 0.3) is 0 Å². The first-order valence-electron chi connectivity index (χ1n) is 1.92. The van der Waals surface area contributed by atoms with Gasteiger partial charge in [-0.05, 0) is 0 Å². The second-order valence-corrected chi connectivity index (χ2v) is 1.36. The van der Waals surface area contributed by atoms with E-state index in [1.165, 1.54) is 0 Å². The fourth-order valence-corrected chi connectivity index (χ4v) is 0.360. The number of alkyl halides is 1. The predicted octanol–water partition coefficient (Wildman–Crippen LogP) is 1.57. The van der Waals surface area contributed by atoms with Gasteiger partial charge in [-0.1, -0.05) is 0 Å². The lowest BCUT2D eigenvalue weighted by Crippen LogP contribution is -1.83. The molecule has 0 fully saturated rings. The third-order valence-corrected chi connectivity index (χ3v) is 0.710. The average molecular weight is 124 g/mol. The van der Waals surface area contributed by atoms with Gasteiger partial charge in [-0.3, -0.25) is 8.91 Å². The minimum Gasteiger partial charge on any atom is -0.294 e. The molecule has 0 spiro atoms. The van der Waals surface area contributed by atoms with E-state index in [-0.39, 0.29) is 15.3 Å². The van der Waals surface area contributed by atoms with Crippen molar-refractivity contribution in [3.63, 3.8) is 0 Å². The Kier molecular flexibility index (Phi) is 5.98. The van der Waals surface area contributed by atoms with E-state index >= 15 is 0 Å². The molecule has 0 aromatic rings. The molecule has 0 atom stereocenters. The van der Waals surface area contributed by atoms with Crippen LogP contribution >= 0.6 is 8.69 Å². The van der Waals surface area contributed by atoms with E-state index in [0.29, 0.717) is 6.42 Å². The highest BCUT2D eigenvalue weighted by Gasteiger charge is 1.82. The summed E-state index contributed by atoms with van der Waals surface area (Å²) in [6.45, 7) is -0.170. The van der Waals surface area contributed by atoms with E-state index in [1.807, 2.05) is 0 Å². The van der Waals surface area contributed by atoms with Crippen LogP contribution < -0.4 is 0 Å². The summed E-state index contributed by atoms with van der Waals surface area (Å²) in [6.07, 6.45) is 0.329. The van der Waals surface area contributed by atoms with Crippen molar-refractivity contribution in [2.45, 2.75) is 6.42 Å². The number of hydrogen-bond acceptors (Lipinski definition) is 2. The molecular formula is C3H6FO2P. The molecule has 0 N–H and O–H groups in total. The second kappa shape index (κ2) is 5.99. The van der Waals surface area contributed by atoms with Gasteiger partial charge in [0.1, 0.15) is 0 Å². The summed E-state index contributed by atoms with van der Waals surface area (Å²) in [6, 6.07) is 0. The Morgan fingerprint density at radius 3 is 2.86 bits per heavy atom. The van der Waals surface area contributed by atoms with E-state index in [1.54, 1.807) is 0 Å². The molecule has 0 aromatic heterocycles. The molecule has 0 aromatic carbocycles. The fourth-order valence-electron chi connectivity index (χ4n) is 0.156. The zero-order valence-electron chi connectivity index (χ0n) is 3.76. The second-order valence-electron chi connectivity index (χ2n) is 0.950. The Balaban J connectivity index is 2.56. The molecule has 0 rings (SSSR count). The maximum absolute atomic E-state index is 11.1. The van der Waals surface area contributed by atoms with Crippen molar-refractivity contribution in [2.24, 2.45) is 0 Å². The van der Waals surface area contributed by atoms with Crippen molar-refractivity contribution in [1.29, 1.82) is 0 Å². The third kappa shape index (κ3) is 5.99. The number of rotatable bonds is 4. The number of hydrogen-bond donors (Lipinski definition) is 0. The third-order valence-electron chi connectivity index (χ3n) is 0.422. The first-order valence-corrected chi connectivity index (χ1v) is 2.65. The van der Waals surface area contributed by atoms with Crippen LogP contribution in [0.4, 0.5) is 4.39 Å². The van der Waals surface area contributed by atoms with E-state index in [9.17, 15) is 8.96 Å². The summed E-state index contributed by atoms with van der Waals surface area (Å²) in [5, 5.41) is 0. The maximum atomic E-state index is 11.1. The highest BCUT2D eigenvalue weighted by Crippen LogP contribution is 1.94. The normalized spacial score (nSPS) is 9.86. The van der Waals surface area contributed by atoms with Crippen LogP contribution in [0.15, 0.2) is 0 Å². The lowest BCUT2D eigenvalue weighted by molar-refractivity contribution is 0.310.